The summed E-state index contributed by atoms with van der Waals surface area (Å²) in [6.45, 7) is 1.37. The summed E-state index contributed by atoms with van der Waals surface area (Å²) in [6.07, 6.45) is 1.70. The number of benzene rings is 1. The zero-order valence-corrected chi connectivity index (χ0v) is 10.7. The highest BCUT2D eigenvalue weighted by atomic mass is 35.5. The Bertz CT molecular complexity index is 459. The van der Waals surface area contributed by atoms with Crippen molar-refractivity contribution < 1.29 is 13.9 Å². The first-order valence-electron chi connectivity index (χ1n) is 5.88. The lowest BCUT2D eigenvalue weighted by Crippen LogP contribution is -2.26. The van der Waals surface area contributed by atoms with E-state index in [2.05, 4.69) is 11.8 Å². The molecule has 2 nitrogen and oxygen atoms in total. The average molecular weight is 269 g/mol. The molecule has 1 heterocycles. The number of hydrogen-bond donors (Lipinski definition) is 0. The maximum Gasteiger partial charge on any atom is 0.138 e. The molecule has 4 heteroatoms. The standard InChI is InChI=1S/C14H14ClFO2/c15-7-1-2-11-3-4-12(16)10-14(11)18-13-5-8-17-9-6-13/h3-4,10,13H,5-9H2. The molecule has 0 amide bonds. The van der Waals surface area contributed by atoms with E-state index < -0.39 is 0 Å². The summed E-state index contributed by atoms with van der Waals surface area (Å²) >= 11 is 5.52. The SMILES string of the molecule is Fc1ccc(C#CCCl)c(OC2CCOCC2)c1. The maximum absolute atomic E-state index is 13.2. The third kappa shape index (κ3) is 3.63. The molecular formula is C14H14ClFO2. The van der Waals surface area contributed by atoms with Crippen LogP contribution in [0.15, 0.2) is 18.2 Å². The minimum atomic E-state index is -0.325. The molecule has 0 aliphatic carbocycles. The fraction of sp³-hybridized carbons (Fsp3) is 0.429. The van der Waals surface area contributed by atoms with Crippen molar-refractivity contribution >= 4 is 11.6 Å². The maximum atomic E-state index is 13.2. The first-order valence-corrected chi connectivity index (χ1v) is 6.42. The van der Waals surface area contributed by atoms with Gasteiger partial charge in [0.15, 0.2) is 0 Å². The molecule has 1 aromatic carbocycles. The first kappa shape index (κ1) is 13.2. The van der Waals surface area contributed by atoms with Crippen LogP contribution in [0, 0.1) is 17.7 Å². The number of rotatable bonds is 2. The lowest BCUT2D eigenvalue weighted by atomic mass is 10.1. The number of hydrogen-bond acceptors (Lipinski definition) is 2. The van der Waals surface area contributed by atoms with Crippen LogP contribution in [0.5, 0.6) is 5.75 Å². The van der Waals surface area contributed by atoms with Gasteiger partial charge in [0.1, 0.15) is 17.7 Å². The highest BCUT2D eigenvalue weighted by Crippen LogP contribution is 2.23. The zero-order valence-electron chi connectivity index (χ0n) is 9.92. The van der Waals surface area contributed by atoms with Gasteiger partial charge in [-0.05, 0) is 12.1 Å². The van der Waals surface area contributed by atoms with E-state index in [1.807, 2.05) is 0 Å². The molecule has 18 heavy (non-hydrogen) atoms. The van der Waals surface area contributed by atoms with Crippen LogP contribution in [0.3, 0.4) is 0 Å². The van der Waals surface area contributed by atoms with Crippen molar-refractivity contribution in [1.82, 2.24) is 0 Å². The lowest BCUT2D eigenvalue weighted by Gasteiger charge is -2.23. The highest BCUT2D eigenvalue weighted by Gasteiger charge is 2.16. The number of alkyl halides is 1. The number of halogens is 2. The molecule has 0 radical (unpaired) electrons. The Labute approximate surface area is 111 Å². The monoisotopic (exact) mass is 268 g/mol. The van der Waals surface area contributed by atoms with E-state index in [9.17, 15) is 4.39 Å². The van der Waals surface area contributed by atoms with Crippen LogP contribution in [0.2, 0.25) is 0 Å². The lowest BCUT2D eigenvalue weighted by molar-refractivity contribution is 0.0253. The Morgan fingerprint density at radius 2 is 2.17 bits per heavy atom. The van der Waals surface area contributed by atoms with E-state index >= 15 is 0 Å². The van der Waals surface area contributed by atoms with E-state index in [0.717, 1.165) is 12.8 Å². The largest absolute Gasteiger partial charge is 0.489 e. The minimum absolute atomic E-state index is 0.0668. The second-order valence-corrected chi connectivity index (χ2v) is 4.27. The van der Waals surface area contributed by atoms with Gasteiger partial charge < -0.3 is 9.47 Å². The van der Waals surface area contributed by atoms with Crippen molar-refractivity contribution in [2.45, 2.75) is 18.9 Å². The van der Waals surface area contributed by atoms with Gasteiger partial charge in [-0.2, -0.15) is 0 Å². The molecule has 0 N–H and O–H groups in total. The van der Waals surface area contributed by atoms with Gasteiger partial charge in [-0.1, -0.05) is 11.8 Å². The van der Waals surface area contributed by atoms with Crippen LogP contribution >= 0.6 is 11.6 Å². The molecule has 0 atom stereocenters. The summed E-state index contributed by atoms with van der Waals surface area (Å²) in [6, 6.07) is 4.35. The Kier molecular flexibility index (Phi) is 4.86. The third-order valence-corrected chi connectivity index (χ3v) is 2.83. The fourth-order valence-corrected chi connectivity index (χ4v) is 1.87. The van der Waals surface area contributed by atoms with Crippen molar-refractivity contribution in [2.75, 3.05) is 19.1 Å². The van der Waals surface area contributed by atoms with Gasteiger partial charge >= 0.3 is 0 Å². The molecule has 0 unspecified atom stereocenters. The second-order valence-electron chi connectivity index (χ2n) is 4.01. The van der Waals surface area contributed by atoms with Gasteiger partial charge in [0.05, 0.1) is 24.7 Å². The van der Waals surface area contributed by atoms with Crippen molar-refractivity contribution in [3.63, 3.8) is 0 Å². The van der Waals surface area contributed by atoms with Crippen molar-refractivity contribution in [1.29, 1.82) is 0 Å². The Balaban J connectivity index is 2.15. The van der Waals surface area contributed by atoms with E-state index in [-0.39, 0.29) is 17.8 Å². The number of ether oxygens (including phenoxy) is 2. The predicted octanol–water partition coefficient (Wildman–Crippen LogP) is 2.97. The predicted molar refractivity (Wildman–Crippen MR) is 68.5 cm³/mol. The molecule has 0 bridgehead atoms. The van der Waals surface area contributed by atoms with Crippen LogP contribution < -0.4 is 4.74 Å². The molecule has 1 aliphatic heterocycles. The normalized spacial score (nSPS) is 15.9. The van der Waals surface area contributed by atoms with Crippen molar-refractivity contribution in [2.24, 2.45) is 0 Å². The van der Waals surface area contributed by atoms with Gasteiger partial charge in [0.25, 0.3) is 0 Å². The van der Waals surface area contributed by atoms with Gasteiger partial charge in [0.2, 0.25) is 0 Å². The summed E-state index contributed by atoms with van der Waals surface area (Å²) in [4.78, 5) is 0. The molecule has 1 aliphatic rings. The van der Waals surface area contributed by atoms with Gasteiger partial charge in [-0.3, -0.25) is 0 Å². The summed E-state index contributed by atoms with van der Waals surface area (Å²) in [5.74, 6) is 6.03. The van der Waals surface area contributed by atoms with E-state index in [1.54, 1.807) is 6.07 Å². The molecular weight excluding hydrogens is 255 g/mol. The molecule has 96 valence electrons. The van der Waals surface area contributed by atoms with E-state index in [4.69, 9.17) is 21.1 Å². The summed E-state index contributed by atoms with van der Waals surface area (Å²) in [7, 11) is 0. The smallest absolute Gasteiger partial charge is 0.138 e. The molecule has 2 rings (SSSR count). The average Bonchev–Trinajstić information content (AvgIpc) is 2.39. The van der Waals surface area contributed by atoms with Crippen LogP contribution in [-0.4, -0.2) is 25.2 Å². The third-order valence-electron chi connectivity index (χ3n) is 2.70. The van der Waals surface area contributed by atoms with E-state index in [1.165, 1.54) is 12.1 Å². The summed E-state index contributed by atoms with van der Waals surface area (Å²) in [5.41, 5.74) is 0.670. The van der Waals surface area contributed by atoms with E-state index in [0.29, 0.717) is 24.5 Å². The molecule has 0 saturated carbocycles. The van der Waals surface area contributed by atoms with Crippen LogP contribution in [0.4, 0.5) is 4.39 Å². The molecule has 0 spiro atoms. The molecule has 1 saturated heterocycles. The topological polar surface area (TPSA) is 18.5 Å². The molecule has 0 aromatic heterocycles. The minimum Gasteiger partial charge on any atom is -0.489 e. The van der Waals surface area contributed by atoms with Crippen molar-refractivity contribution in [3.8, 4) is 17.6 Å². The Morgan fingerprint density at radius 3 is 2.89 bits per heavy atom. The summed E-state index contributed by atoms with van der Waals surface area (Å²) in [5, 5.41) is 0. The van der Waals surface area contributed by atoms with Crippen LogP contribution in [0.1, 0.15) is 18.4 Å². The van der Waals surface area contributed by atoms with Crippen LogP contribution in [-0.2, 0) is 4.74 Å². The highest BCUT2D eigenvalue weighted by molar-refractivity contribution is 6.19. The fourth-order valence-electron chi connectivity index (χ4n) is 1.80. The van der Waals surface area contributed by atoms with Gasteiger partial charge in [-0.15, -0.1) is 11.6 Å². The molecule has 1 aromatic rings. The van der Waals surface area contributed by atoms with Crippen LogP contribution in [0.25, 0.3) is 0 Å². The Hall–Kier alpha value is -1.24. The van der Waals surface area contributed by atoms with Gasteiger partial charge in [0, 0.05) is 18.9 Å². The van der Waals surface area contributed by atoms with Crippen molar-refractivity contribution in [3.05, 3.63) is 29.6 Å². The quantitative estimate of drug-likeness (QED) is 0.606. The Morgan fingerprint density at radius 1 is 1.39 bits per heavy atom. The second kappa shape index (κ2) is 6.63. The summed E-state index contributed by atoms with van der Waals surface area (Å²) < 4.78 is 24.3. The zero-order chi connectivity index (χ0) is 12.8. The van der Waals surface area contributed by atoms with Gasteiger partial charge in [-0.25, -0.2) is 4.39 Å². The molecule has 1 fully saturated rings. The first-order chi connectivity index (χ1) is 8.79.